The monoisotopic (exact) mass is 332 g/mol. The maximum Gasteiger partial charge on any atom is 0.311 e. The maximum absolute atomic E-state index is 12.6. The van der Waals surface area contributed by atoms with Gasteiger partial charge in [-0.3, -0.25) is 4.79 Å². The highest BCUT2D eigenvalue weighted by molar-refractivity contribution is 5.76. The molecule has 0 N–H and O–H groups in total. The van der Waals surface area contributed by atoms with Crippen LogP contribution in [0.3, 0.4) is 0 Å². The third kappa shape index (κ3) is 3.81. The number of esters is 1. The van der Waals surface area contributed by atoms with E-state index in [0.717, 1.165) is 25.5 Å². The summed E-state index contributed by atoms with van der Waals surface area (Å²) in [6.07, 6.45) is 12.2. The van der Waals surface area contributed by atoms with Gasteiger partial charge in [0.15, 0.2) is 0 Å². The third-order valence-electron chi connectivity index (χ3n) is 6.06. The Morgan fingerprint density at radius 1 is 1.29 bits per heavy atom. The molecule has 0 unspecified atom stereocenters. The Bertz CT molecular complexity index is 517. The molecule has 0 spiro atoms. The molecule has 2 rings (SSSR count). The van der Waals surface area contributed by atoms with Crippen LogP contribution in [0.5, 0.6) is 0 Å². The second-order valence-corrected chi connectivity index (χ2v) is 8.14. The van der Waals surface area contributed by atoms with Crippen LogP contribution >= 0.6 is 0 Å². The third-order valence-corrected chi connectivity index (χ3v) is 6.06. The fourth-order valence-electron chi connectivity index (χ4n) is 4.08. The predicted molar refractivity (Wildman–Crippen MR) is 96.3 cm³/mol. The summed E-state index contributed by atoms with van der Waals surface area (Å²) in [6, 6.07) is 0. The Kier molecular flexibility index (Phi) is 6.06. The second kappa shape index (κ2) is 7.67. The average molecular weight is 332 g/mol. The van der Waals surface area contributed by atoms with Gasteiger partial charge in [-0.1, -0.05) is 38.2 Å². The van der Waals surface area contributed by atoms with Gasteiger partial charge < -0.3 is 9.53 Å². The summed E-state index contributed by atoms with van der Waals surface area (Å²) in [5.74, 6) is 0.844. The Labute approximate surface area is 146 Å². The number of ether oxygens (including phenoxy) is 1. The van der Waals surface area contributed by atoms with Crippen molar-refractivity contribution in [1.82, 2.24) is 0 Å². The predicted octanol–water partition coefficient (Wildman–Crippen LogP) is 4.57. The average Bonchev–Trinajstić information content (AvgIpc) is 2.55. The van der Waals surface area contributed by atoms with Gasteiger partial charge in [0.05, 0.1) is 5.41 Å². The highest BCUT2D eigenvalue weighted by Gasteiger charge is 2.46. The number of aldehydes is 1. The molecule has 3 heteroatoms. The van der Waals surface area contributed by atoms with E-state index >= 15 is 0 Å². The molecule has 0 aromatic carbocycles. The molecule has 6 atom stereocenters. The highest BCUT2D eigenvalue weighted by atomic mass is 16.5. The van der Waals surface area contributed by atoms with Crippen LogP contribution < -0.4 is 0 Å². The lowest BCUT2D eigenvalue weighted by molar-refractivity contribution is -0.169. The minimum absolute atomic E-state index is 0.0610. The molecule has 134 valence electrons. The smallest absolute Gasteiger partial charge is 0.311 e. The van der Waals surface area contributed by atoms with E-state index in [1.807, 2.05) is 27.7 Å². The summed E-state index contributed by atoms with van der Waals surface area (Å²) in [4.78, 5) is 24.4. The number of rotatable bonds is 5. The first kappa shape index (κ1) is 19.0. The molecule has 0 aromatic rings. The normalized spacial score (nSPS) is 36.4. The Hall–Kier alpha value is -1.38. The van der Waals surface area contributed by atoms with Crippen LogP contribution in [-0.2, 0) is 14.3 Å². The van der Waals surface area contributed by atoms with E-state index in [1.165, 1.54) is 0 Å². The minimum Gasteiger partial charge on any atom is -0.462 e. The van der Waals surface area contributed by atoms with Crippen molar-refractivity contribution >= 4 is 12.3 Å². The molecule has 2 aliphatic rings. The lowest BCUT2D eigenvalue weighted by Gasteiger charge is -2.46. The molecular formula is C21H32O3. The zero-order chi connectivity index (χ0) is 17.9. The lowest BCUT2D eigenvalue weighted by Crippen LogP contribution is -2.47. The number of hydrogen-bond acceptors (Lipinski definition) is 3. The zero-order valence-electron chi connectivity index (χ0n) is 15.7. The quantitative estimate of drug-likeness (QED) is 0.421. The van der Waals surface area contributed by atoms with E-state index < -0.39 is 5.41 Å². The van der Waals surface area contributed by atoms with Crippen molar-refractivity contribution in [2.24, 2.45) is 35.0 Å². The van der Waals surface area contributed by atoms with E-state index in [9.17, 15) is 9.59 Å². The molecule has 2 aliphatic carbocycles. The van der Waals surface area contributed by atoms with Crippen LogP contribution in [0.15, 0.2) is 24.3 Å². The van der Waals surface area contributed by atoms with Gasteiger partial charge in [0, 0.05) is 11.8 Å². The standard InChI is InChI=1S/C21H32O3/c1-6-8-15-11-16-10-9-14(3)17(13-22)19(16)18(12-15)24-20(23)21(4,5)7-2/h6,8-10,13-19H,7,11-12H2,1-5H3/b8-6+/t14-,15-,16-,17-,18-,19-/m0/s1. The van der Waals surface area contributed by atoms with Gasteiger partial charge in [0.25, 0.3) is 0 Å². The van der Waals surface area contributed by atoms with Gasteiger partial charge >= 0.3 is 5.97 Å². The number of allylic oxidation sites excluding steroid dienone is 4. The van der Waals surface area contributed by atoms with Crippen LogP contribution in [0.25, 0.3) is 0 Å². The van der Waals surface area contributed by atoms with Crippen LogP contribution in [0.1, 0.15) is 53.9 Å². The molecule has 0 radical (unpaired) electrons. The van der Waals surface area contributed by atoms with E-state index in [-0.39, 0.29) is 29.8 Å². The first-order chi connectivity index (χ1) is 11.3. The summed E-state index contributed by atoms with van der Waals surface area (Å²) in [5.41, 5.74) is -0.476. The largest absolute Gasteiger partial charge is 0.462 e. The fraction of sp³-hybridized carbons (Fsp3) is 0.714. The number of hydrogen-bond donors (Lipinski definition) is 0. The van der Waals surface area contributed by atoms with Crippen molar-refractivity contribution in [2.45, 2.75) is 60.0 Å². The summed E-state index contributed by atoms with van der Waals surface area (Å²) < 4.78 is 6.01. The molecule has 0 heterocycles. The SMILES string of the molecule is C/C=C/[C@@H]1C[C@H](OC(=O)C(C)(C)CC)[C@@H]2[C@@H](C=O)[C@@H](C)C=C[C@H]2C1. The van der Waals surface area contributed by atoms with E-state index in [4.69, 9.17) is 4.74 Å². The van der Waals surface area contributed by atoms with Crippen molar-refractivity contribution in [2.75, 3.05) is 0 Å². The minimum atomic E-state index is -0.476. The molecule has 0 amide bonds. The van der Waals surface area contributed by atoms with Gasteiger partial charge in [-0.15, -0.1) is 0 Å². The van der Waals surface area contributed by atoms with Crippen molar-refractivity contribution in [1.29, 1.82) is 0 Å². The van der Waals surface area contributed by atoms with Gasteiger partial charge in [-0.05, 0) is 57.8 Å². The topological polar surface area (TPSA) is 43.4 Å². The van der Waals surface area contributed by atoms with Gasteiger partial charge in [-0.2, -0.15) is 0 Å². The van der Waals surface area contributed by atoms with Gasteiger partial charge in [0.1, 0.15) is 12.4 Å². The Morgan fingerprint density at radius 3 is 2.58 bits per heavy atom. The van der Waals surface area contributed by atoms with Crippen molar-refractivity contribution in [3.63, 3.8) is 0 Å². The van der Waals surface area contributed by atoms with E-state index in [2.05, 4.69) is 31.2 Å². The molecule has 3 nitrogen and oxygen atoms in total. The molecule has 24 heavy (non-hydrogen) atoms. The maximum atomic E-state index is 12.6. The van der Waals surface area contributed by atoms with Gasteiger partial charge in [-0.25, -0.2) is 0 Å². The molecule has 1 saturated carbocycles. The molecule has 0 aromatic heterocycles. The van der Waals surface area contributed by atoms with E-state index in [1.54, 1.807) is 0 Å². The van der Waals surface area contributed by atoms with Gasteiger partial charge in [0.2, 0.25) is 0 Å². The number of fused-ring (bicyclic) bond motifs is 1. The Balaban J connectivity index is 2.28. The molecule has 0 saturated heterocycles. The molecular weight excluding hydrogens is 300 g/mol. The van der Waals surface area contributed by atoms with Crippen molar-refractivity contribution in [3.8, 4) is 0 Å². The van der Waals surface area contributed by atoms with Crippen LogP contribution in [-0.4, -0.2) is 18.4 Å². The number of carbonyl (C=O) groups is 2. The van der Waals surface area contributed by atoms with Crippen LogP contribution in [0.4, 0.5) is 0 Å². The zero-order valence-corrected chi connectivity index (χ0v) is 15.7. The first-order valence-corrected chi connectivity index (χ1v) is 9.31. The summed E-state index contributed by atoms with van der Waals surface area (Å²) in [6.45, 7) is 9.98. The number of carbonyl (C=O) groups excluding carboxylic acids is 2. The summed E-state index contributed by atoms with van der Waals surface area (Å²) >= 11 is 0. The second-order valence-electron chi connectivity index (χ2n) is 8.14. The fourth-order valence-corrected chi connectivity index (χ4v) is 4.08. The first-order valence-electron chi connectivity index (χ1n) is 9.31. The summed E-state index contributed by atoms with van der Waals surface area (Å²) in [5, 5.41) is 0. The van der Waals surface area contributed by atoms with Crippen molar-refractivity contribution in [3.05, 3.63) is 24.3 Å². The lowest BCUT2D eigenvalue weighted by atomic mass is 9.62. The highest BCUT2D eigenvalue weighted by Crippen LogP contribution is 2.46. The molecule has 1 fully saturated rings. The molecule has 0 bridgehead atoms. The summed E-state index contributed by atoms with van der Waals surface area (Å²) in [7, 11) is 0. The van der Waals surface area contributed by atoms with E-state index in [0.29, 0.717) is 11.8 Å². The van der Waals surface area contributed by atoms with Crippen LogP contribution in [0.2, 0.25) is 0 Å². The molecule has 0 aliphatic heterocycles. The van der Waals surface area contributed by atoms with Crippen molar-refractivity contribution < 1.29 is 14.3 Å². The van der Waals surface area contributed by atoms with Crippen LogP contribution in [0, 0.1) is 35.0 Å². The Morgan fingerprint density at radius 2 is 2.00 bits per heavy atom.